The molecule has 4 aliphatic rings. The first-order chi connectivity index (χ1) is 20.2. The number of unbranched alkanes of at least 4 members (excludes halogenated alkanes) is 1. The van der Waals surface area contributed by atoms with Gasteiger partial charge in [-0.15, -0.1) is 11.6 Å². The molecule has 240 valence electrons. The van der Waals surface area contributed by atoms with Crippen molar-refractivity contribution in [3.8, 4) is 0 Å². The zero-order valence-corrected chi connectivity index (χ0v) is 27.6. The maximum atomic E-state index is 14.3. The van der Waals surface area contributed by atoms with E-state index in [1.54, 1.807) is 6.08 Å². The molecule has 0 aromatic carbocycles. The first kappa shape index (κ1) is 33.9. The zero-order valence-electron chi connectivity index (χ0n) is 26.9. The molecule has 3 saturated carbocycles. The van der Waals surface area contributed by atoms with Gasteiger partial charge in [0.25, 0.3) is 0 Å². The lowest BCUT2D eigenvalue weighted by Gasteiger charge is -2.64. The molecule has 9 atom stereocenters. The second kappa shape index (κ2) is 12.8. The average Bonchev–Trinajstić information content (AvgIpc) is 3.17. The second-order valence-corrected chi connectivity index (χ2v) is 14.8. The predicted molar refractivity (Wildman–Crippen MR) is 165 cm³/mol. The molecule has 1 N–H and O–H groups in total. The number of alkyl halides is 1. The number of carbonyl (C=O) groups excluding carboxylic acids is 4. The summed E-state index contributed by atoms with van der Waals surface area (Å²) in [6, 6.07) is 0. The average molecular weight is 619 g/mol. The number of fused-ring (bicyclic) bond motifs is 5. The van der Waals surface area contributed by atoms with Crippen molar-refractivity contribution in [2.75, 3.05) is 6.61 Å². The van der Waals surface area contributed by atoms with Crippen molar-refractivity contribution in [3.63, 3.8) is 0 Å². The molecule has 43 heavy (non-hydrogen) atoms. The number of esters is 2. The Morgan fingerprint density at radius 3 is 2.49 bits per heavy atom. The van der Waals surface area contributed by atoms with Crippen molar-refractivity contribution in [2.45, 2.75) is 129 Å². The lowest BCUT2D eigenvalue weighted by Crippen LogP contribution is -2.69. The summed E-state index contributed by atoms with van der Waals surface area (Å²) in [6.07, 6.45) is 10.5. The van der Waals surface area contributed by atoms with E-state index in [1.807, 2.05) is 33.8 Å². The minimum atomic E-state index is -1.56. The van der Waals surface area contributed by atoms with Gasteiger partial charge >= 0.3 is 11.9 Å². The molecule has 0 radical (unpaired) electrons. The Kier molecular flexibility index (Phi) is 10.1. The summed E-state index contributed by atoms with van der Waals surface area (Å²) in [5.41, 5.74) is -2.29. The third-order valence-electron chi connectivity index (χ3n) is 11.7. The van der Waals surface area contributed by atoms with Gasteiger partial charge in [-0.25, -0.2) is 0 Å². The fraction of sp³-hybridized carbons (Fsp3) is 0.771. The normalized spacial score (nSPS) is 38.8. The number of rotatable bonds is 12. The summed E-state index contributed by atoms with van der Waals surface area (Å²) < 4.78 is 11.8. The van der Waals surface area contributed by atoms with Crippen molar-refractivity contribution in [1.82, 2.24) is 0 Å². The molecule has 9 unspecified atom stereocenters. The molecule has 3 fully saturated rings. The van der Waals surface area contributed by atoms with Gasteiger partial charge in [0.15, 0.2) is 18.0 Å². The number of Topliss-reactive ketones (excluding diaryl/α,β-unsaturated/α-hetero) is 1. The third kappa shape index (κ3) is 5.55. The van der Waals surface area contributed by atoms with E-state index in [0.29, 0.717) is 38.0 Å². The van der Waals surface area contributed by atoms with Crippen molar-refractivity contribution in [1.29, 1.82) is 0 Å². The molecule has 0 spiro atoms. The Balaban J connectivity index is 1.66. The minimum absolute atomic E-state index is 0.0751. The molecule has 0 saturated heterocycles. The highest BCUT2D eigenvalue weighted by molar-refractivity contribution is 6.26. The lowest BCUT2D eigenvalue weighted by molar-refractivity contribution is -0.203. The van der Waals surface area contributed by atoms with Crippen LogP contribution in [0, 0.1) is 34.5 Å². The standard InChI is InChI=1S/C35H51ClO7/c1-7-9-12-31(41)43-35(29(39)21-42-30(40)13-10-11-22(3)8-2)23(4)18-27-26-15-14-24-19-25(37)16-17-32(24,5)34(26,36)28(38)20-33(27,35)6/h16-17,19,22-23,26-28,38H,7-15,18,20-21H2,1-6H3. The summed E-state index contributed by atoms with van der Waals surface area (Å²) in [5.74, 6) is -1.57. The highest BCUT2D eigenvalue weighted by Gasteiger charge is 2.76. The highest BCUT2D eigenvalue weighted by atomic mass is 35.5. The summed E-state index contributed by atoms with van der Waals surface area (Å²) in [7, 11) is 0. The van der Waals surface area contributed by atoms with Gasteiger partial charge in [-0.2, -0.15) is 0 Å². The van der Waals surface area contributed by atoms with E-state index in [4.69, 9.17) is 21.1 Å². The summed E-state index contributed by atoms with van der Waals surface area (Å²) >= 11 is 7.58. The van der Waals surface area contributed by atoms with Crippen LogP contribution in [0.15, 0.2) is 23.8 Å². The van der Waals surface area contributed by atoms with Gasteiger partial charge in [0, 0.05) is 29.6 Å². The number of allylic oxidation sites excluding steroid dienone is 4. The maximum absolute atomic E-state index is 14.3. The van der Waals surface area contributed by atoms with Gasteiger partial charge in [-0.05, 0) is 68.4 Å². The maximum Gasteiger partial charge on any atom is 0.306 e. The Labute approximate surface area is 262 Å². The molecule has 0 aromatic heterocycles. The van der Waals surface area contributed by atoms with Crippen molar-refractivity contribution < 1.29 is 33.8 Å². The van der Waals surface area contributed by atoms with Gasteiger partial charge in [-0.1, -0.05) is 72.5 Å². The molecule has 0 aliphatic heterocycles. The van der Waals surface area contributed by atoms with Gasteiger partial charge < -0.3 is 14.6 Å². The predicted octanol–water partition coefficient (Wildman–Crippen LogP) is 6.67. The van der Waals surface area contributed by atoms with Gasteiger partial charge in [0.2, 0.25) is 5.78 Å². The fourth-order valence-electron chi connectivity index (χ4n) is 9.07. The van der Waals surface area contributed by atoms with Gasteiger partial charge in [0.05, 0.1) is 11.0 Å². The molecular weight excluding hydrogens is 568 g/mol. The molecule has 0 bridgehead atoms. The number of hydrogen-bond acceptors (Lipinski definition) is 7. The van der Waals surface area contributed by atoms with Crippen LogP contribution < -0.4 is 0 Å². The number of halogens is 1. The van der Waals surface area contributed by atoms with E-state index in [1.165, 1.54) is 6.08 Å². The van der Waals surface area contributed by atoms with E-state index in [-0.39, 0.29) is 42.8 Å². The molecule has 0 amide bonds. The van der Waals surface area contributed by atoms with Crippen molar-refractivity contribution >= 4 is 35.1 Å². The summed E-state index contributed by atoms with van der Waals surface area (Å²) in [5, 5.41) is 12.0. The number of hydrogen-bond donors (Lipinski definition) is 1. The highest BCUT2D eigenvalue weighted by Crippen LogP contribution is 2.72. The van der Waals surface area contributed by atoms with Crippen LogP contribution in [0.3, 0.4) is 0 Å². The number of aliphatic hydroxyl groups excluding tert-OH is 1. The van der Waals surface area contributed by atoms with E-state index in [2.05, 4.69) is 13.8 Å². The Morgan fingerprint density at radius 1 is 1.12 bits per heavy atom. The SMILES string of the molecule is CCCCC(=O)OC1(C(=O)COC(=O)CCCC(C)CC)C(C)CC2C3CCC4=CC(=O)C=CC4(C)C3(Cl)C(O)CC21C. The molecule has 8 heteroatoms. The summed E-state index contributed by atoms with van der Waals surface area (Å²) in [6.45, 7) is 11.7. The second-order valence-electron chi connectivity index (χ2n) is 14.2. The molecule has 4 rings (SSSR count). The van der Waals surface area contributed by atoms with Crippen LogP contribution in [0.4, 0.5) is 0 Å². The zero-order chi connectivity index (χ0) is 31.8. The number of carbonyl (C=O) groups is 4. The minimum Gasteiger partial charge on any atom is -0.457 e. The van der Waals surface area contributed by atoms with E-state index in [0.717, 1.165) is 24.8 Å². The fourth-order valence-corrected chi connectivity index (χ4v) is 9.60. The number of ether oxygens (including phenoxy) is 2. The molecular formula is C35H51ClO7. The summed E-state index contributed by atoms with van der Waals surface area (Å²) in [4.78, 5) is 51.4. The van der Waals surface area contributed by atoms with E-state index in [9.17, 15) is 24.3 Å². The van der Waals surface area contributed by atoms with Gasteiger partial charge in [0.1, 0.15) is 0 Å². The van der Waals surface area contributed by atoms with Crippen LogP contribution in [0.5, 0.6) is 0 Å². The molecule has 4 aliphatic carbocycles. The smallest absolute Gasteiger partial charge is 0.306 e. The Hall–Kier alpha value is -1.99. The van der Waals surface area contributed by atoms with Crippen molar-refractivity contribution in [3.05, 3.63) is 23.8 Å². The van der Waals surface area contributed by atoms with Crippen LogP contribution in [0.1, 0.15) is 112 Å². The number of aliphatic hydroxyl groups is 1. The molecule has 0 heterocycles. The quantitative estimate of drug-likeness (QED) is 0.192. The lowest BCUT2D eigenvalue weighted by atomic mass is 9.45. The first-order valence-electron chi connectivity index (χ1n) is 16.4. The first-order valence-corrected chi connectivity index (χ1v) is 16.8. The van der Waals surface area contributed by atoms with Crippen molar-refractivity contribution in [2.24, 2.45) is 34.5 Å². The van der Waals surface area contributed by atoms with Crippen LogP contribution in [-0.4, -0.2) is 51.8 Å². The van der Waals surface area contributed by atoms with Crippen LogP contribution in [0.25, 0.3) is 0 Å². The Bertz CT molecular complexity index is 1180. The molecule has 0 aromatic rings. The Morgan fingerprint density at radius 2 is 1.81 bits per heavy atom. The van der Waals surface area contributed by atoms with Crippen LogP contribution in [0.2, 0.25) is 0 Å². The number of ketones is 2. The van der Waals surface area contributed by atoms with Crippen LogP contribution >= 0.6 is 11.6 Å². The van der Waals surface area contributed by atoms with E-state index < -0.39 is 51.7 Å². The monoisotopic (exact) mass is 618 g/mol. The van der Waals surface area contributed by atoms with Crippen LogP contribution in [-0.2, 0) is 28.7 Å². The topological polar surface area (TPSA) is 107 Å². The largest absolute Gasteiger partial charge is 0.457 e. The van der Waals surface area contributed by atoms with E-state index >= 15 is 0 Å². The third-order valence-corrected chi connectivity index (χ3v) is 12.7. The molecule has 7 nitrogen and oxygen atoms in total. The van der Waals surface area contributed by atoms with Gasteiger partial charge in [-0.3, -0.25) is 19.2 Å².